The van der Waals surface area contributed by atoms with Crippen LogP contribution in [0.1, 0.15) is 84.0 Å². The lowest BCUT2D eigenvalue weighted by atomic mass is 10.1. The van der Waals surface area contributed by atoms with Crippen LogP contribution in [0.15, 0.2) is 24.3 Å². The second kappa shape index (κ2) is 17.4. The number of unbranched alkanes of at least 4 members (excludes halogenated alkanes) is 9. The molecule has 0 saturated heterocycles. The molecule has 1 nitrogen and oxygen atoms in total. The van der Waals surface area contributed by atoms with Gasteiger partial charge in [0.2, 0.25) is 0 Å². The Bertz CT molecular complexity index is 206. The summed E-state index contributed by atoms with van der Waals surface area (Å²) in [5.41, 5.74) is 0. The van der Waals surface area contributed by atoms with Crippen LogP contribution in [-0.4, -0.2) is 6.61 Å². The third kappa shape index (κ3) is 17.4. The molecule has 0 N–H and O–H groups in total. The van der Waals surface area contributed by atoms with Crippen molar-refractivity contribution >= 4 is 0 Å². The van der Waals surface area contributed by atoms with E-state index >= 15 is 0 Å². The van der Waals surface area contributed by atoms with E-state index < -0.39 is 0 Å². The predicted molar refractivity (Wildman–Crippen MR) is 84.9 cm³/mol. The van der Waals surface area contributed by atoms with Gasteiger partial charge in [-0.05, 0) is 38.5 Å². The van der Waals surface area contributed by atoms with Gasteiger partial charge in [0.1, 0.15) is 0 Å². The Morgan fingerprint density at radius 1 is 0.632 bits per heavy atom. The molecule has 0 atom stereocenters. The van der Waals surface area contributed by atoms with Crippen molar-refractivity contribution in [3.8, 4) is 0 Å². The van der Waals surface area contributed by atoms with E-state index in [-0.39, 0.29) is 6.61 Å². The fourth-order valence-corrected chi connectivity index (χ4v) is 2.09. The molecule has 0 amide bonds. The highest BCUT2D eigenvalue weighted by atomic mass is 16.2. The molecular weight excluding hydrogens is 232 g/mol. The average Bonchev–Trinajstić information content (AvgIpc) is 2.43. The molecule has 0 aromatic heterocycles. The fourth-order valence-electron chi connectivity index (χ4n) is 2.09. The average molecular weight is 265 g/mol. The molecule has 0 rings (SSSR count). The summed E-state index contributed by atoms with van der Waals surface area (Å²) in [4.78, 5) is 0. The van der Waals surface area contributed by atoms with Crippen LogP contribution in [0.3, 0.4) is 0 Å². The van der Waals surface area contributed by atoms with E-state index in [0.717, 1.165) is 19.3 Å². The first-order chi connectivity index (χ1) is 9.41. The van der Waals surface area contributed by atoms with Gasteiger partial charge in [-0.15, -0.1) is 0 Å². The first kappa shape index (κ1) is 18.4. The van der Waals surface area contributed by atoms with Gasteiger partial charge in [-0.1, -0.05) is 69.8 Å². The maximum absolute atomic E-state index is 10.2. The molecule has 0 saturated carbocycles. The zero-order valence-electron chi connectivity index (χ0n) is 12.9. The van der Waals surface area contributed by atoms with Crippen molar-refractivity contribution < 1.29 is 5.11 Å². The smallest absolute Gasteiger partial charge is 0.0822 e. The van der Waals surface area contributed by atoms with E-state index in [1.54, 1.807) is 0 Å². The highest BCUT2D eigenvalue weighted by Gasteiger charge is 1.89. The molecule has 0 bridgehead atoms. The second-order valence-electron chi connectivity index (χ2n) is 5.29. The van der Waals surface area contributed by atoms with Crippen molar-refractivity contribution in [2.45, 2.75) is 84.0 Å². The molecule has 1 radical (unpaired) electrons. The van der Waals surface area contributed by atoms with Gasteiger partial charge in [-0.25, -0.2) is 5.11 Å². The third-order valence-electron chi connectivity index (χ3n) is 3.34. The van der Waals surface area contributed by atoms with Crippen molar-refractivity contribution in [3.63, 3.8) is 0 Å². The van der Waals surface area contributed by atoms with Crippen molar-refractivity contribution in [2.24, 2.45) is 0 Å². The summed E-state index contributed by atoms with van der Waals surface area (Å²) in [6.07, 6.45) is 23.9. The highest BCUT2D eigenvalue weighted by Crippen LogP contribution is 2.07. The summed E-state index contributed by atoms with van der Waals surface area (Å²) in [5, 5.41) is 10.2. The molecule has 19 heavy (non-hydrogen) atoms. The maximum atomic E-state index is 10.2. The second-order valence-corrected chi connectivity index (χ2v) is 5.29. The van der Waals surface area contributed by atoms with E-state index in [1.165, 1.54) is 57.8 Å². The van der Waals surface area contributed by atoms with Crippen LogP contribution >= 0.6 is 0 Å². The van der Waals surface area contributed by atoms with Gasteiger partial charge >= 0.3 is 0 Å². The Morgan fingerprint density at radius 2 is 1.16 bits per heavy atom. The van der Waals surface area contributed by atoms with Crippen LogP contribution in [0.25, 0.3) is 0 Å². The lowest BCUT2D eigenvalue weighted by Gasteiger charge is -1.98. The Morgan fingerprint density at radius 3 is 1.74 bits per heavy atom. The monoisotopic (exact) mass is 265 g/mol. The molecular formula is C18H33O. The van der Waals surface area contributed by atoms with Gasteiger partial charge in [-0.2, -0.15) is 0 Å². The van der Waals surface area contributed by atoms with Crippen molar-refractivity contribution in [2.75, 3.05) is 6.61 Å². The maximum Gasteiger partial charge on any atom is 0.0822 e. The molecule has 0 unspecified atom stereocenters. The van der Waals surface area contributed by atoms with E-state index in [0.29, 0.717) is 0 Å². The van der Waals surface area contributed by atoms with Gasteiger partial charge < -0.3 is 0 Å². The SMILES string of the molecule is CCCCC/C=C\C/C=C\CCCCCCCC[O]. The van der Waals surface area contributed by atoms with Crippen LogP contribution in [0.2, 0.25) is 0 Å². The molecule has 0 fully saturated rings. The van der Waals surface area contributed by atoms with Gasteiger partial charge in [0.15, 0.2) is 0 Å². The quantitative estimate of drug-likeness (QED) is 0.262. The predicted octanol–water partition coefficient (Wildman–Crippen LogP) is 6.23. The number of hydrogen-bond acceptors (Lipinski definition) is 0. The molecule has 0 aliphatic carbocycles. The number of hydrogen-bond donors (Lipinski definition) is 0. The van der Waals surface area contributed by atoms with Crippen molar-refractivity contribution in [3.05, 3.63) is 24.3 Å². The minimum Gasteiger partial charge on any atom is -0.237 e. The molecule has 0 aliphatic heterocycles. The van der Waals surface area contributed by atoms with Gasteiger partial charge in [-0.3, -0.25) is 0 Å². The Hall–Kier alpha value is -0.560. The van der Waals surface area contributed by atoms with Gasteiger partial charge in [0.05, 0.1) is 6.61 Å². The lowest BCUT2D eigenvalue weighted by molar-refractivity contribution is 0.186. The highest BCUT2D eigenvalue weighted by molar-refractivity contribution is 4.92. The molecule has 0 spiro atoms. The van der Waals surface area contributed by atoms with E-state index in [2.05, 4.69) is 31.2 Å². The van der Waals surface area contributed by atoms with Crippen molar-refractivity contribution in [1.29, 1.82) is 0 Å². The Balaban J connectivity index is 3.12. The van der Waals surface area contributed by atoms with Gasteiger partial charge in [0.25, 0.3) is 0 Å². The summed E-state index contributed by atoms with van der Waals surface area (Å²) in [6.45, 7) is 2.35. The summed E-state index contributed by atoms with van der Waals surface area (Å²) in [5.74, 6) is 0. The van der Waals surface area contributed by atoms with E-state index in [4.69, 9.17) is 0 Å². The molecule has 0 aliphatic rings. The van der Waals surface area contributed by atoms with Crippen LogP contribution in [-0.2, 0) is 5.11 Å². The van der Waals surface area contributed by atoms with Crippen LogP contribution < -0.4 is 0 Å². The first-order valence-corrected chi connectivity index (χ1v) is 8.30. The zero-order chi connectivity index (χ0) is 14.0. The summed E-state index contributed by atoms with van der Waals surface area (Å²) >= 11 is 0. The standard InChI is InChI=1S/C18H33O/c1-2-3-4-5-6-7-8-9-10-11-12-13-14-15-16-17-18-19/h6-7,9-10H,2-5,8,11-18H2,1H3/b7-6-,10-9-. The third-order valence-corrected chi connectivity index (χ3v) is 3.34. The molecule has 0 aromatic carbocycles. The minimum absolute atomic E-state index is 0.106. The van der Waals surface area contributed by atoms with Gasteiger partial charge in [0, 0.05) is 0 Å². The normalized spacial score (nSPS) is 11.9. The van der Waals surface area contributed by atoms with Crippen LogP contribution in [0.5, 0.6) is 0 Å². The molecule has 0 heterocycles. The minimum atomic E-state index is 0.106. The van der Waals surface area contributed by atoms with E-state index in [9.17, 15) is 5.11 Å². The van der Waals surface area contributed by atoms with E-state index in [1.807, 2.05) is 0 Å². The topological polar surface area (TPSA) is 19.9 Å². The zero-order valence-corrected chi connectivity index (χ0v) is 12.9. The summed E-state index contributed by atoms with van der Waals surface area (Å²) < 4.78 is 0. The summed E-state index contributed by atoms with van der Waals surface area (Å²) in [7, 11) is 0. The van der Waals surface area contributed by atoms with Crippen molar-refractivity contribution in [1.82, 2.24) is 0 Å². The molecule has 111 valence electrons. The largest absolute Gasteiger partial charge is 0.237 e. The number of rotatable bonds is 14. The van der Waals surface area contributed by atoms with Crippen LogP contribution in [0.4, 0.5) is 0 Å². The Labute approximate surface area is 120 Å². The Kier molecular flexibility index (Phi) is 16.9. The molecule has 0 aromatic rings. The lowest BCUT2D eigenvalue weighted by Crippen LogP contribution is -1.82. The number of allylic oxidation sites excluding steroid dienone is 4. The summed E-state index contributed by atoms with van der Waals surface area (Å²) in [6, 6.07) is 0. The fraction of sp³-hybridized carbons (Fsp3) is 0.778. The molecule has 1 heteroatoms. The van der Waals surface area contributed by atoms with Crippen LogP contribution in [0, 0.1) is 0 Å². The first-order valence-electron chi connectivity index (χ1n) is 8.30.